The normalized spacial score (nSPS) is 16.0. The molecule has 15 heavy (non-hydrogen) atoms. The molecule has 1 aromatic carbocycles. The van der Waals surface area contributed by atoms with E-state index in [0.717, 1.165) is 19.5 Å². The number of carbonyl (C=O) groups excluding carboxylic acids is 1. The number of likely N-dealkylation sites (tertiary alicyclic amines) is 1. The molecule has 1 aromatic rings. The standard InChI is InChI=1S/C12H16N2O/c15-12-7-4-8-14(12)10-13-9-11-5-2-1-3-6-11/h1-3,5-6,13H,4,7-10H2. The fourth-order valence-corrected chi connectivity index (χ4v) is 1.80. The minimum absolute atomic E-state index is 0.274. The molecule has 0 spiro atoms. The molecule has 2 rings (SSSR count). The first-order chi connectivity index (χ1) is 7.36. The molecule has 0 bridgehead atoms. The van der Waals surface area contributed by atoms with Gasteiger partial charge >= 0.3 is 0 Å². The summed E-state index contributed by atoms with van der Waals surface area (Å²) in [5.74, 6) is 0.274. The molecular weight excluding hydrogens is 188 g/mol. The largest absolute Gasteiger partial charge is 0.330 e. The van der Waals surface area contributed by atoms with Crippen LogP contribution in [0.2, 0.25) is 0 Å². The molecule has 1 amide bonds. The summed E-state index contributed by atoms with van der Waals surface area (Å²) in [6.45, 7) is 2.40. The zero-order chi connectivity index (χ0) is 10.5. The van der Waals surface area contributed by atoms with Crippen LogP contribution in [0, 0.1) is 0 Å². The van der Waals surface area contributed by atoms with Crippen LogP contribution in [0.3, 0.4) is 0 Å². The number of hydrogen-bond donors (Lipinski definition) is 1. The molecule has 80 valence electrons. The van der Waals surface area contributed by atoms with Gasteiger partial charge in [-0.2, -0.15) is 0 Å². The molecule has 3 nitrogen and oxygen atoms in total. The minimum atomic E-state index is 0.274. The second-order valence-corrected chi connectivity index (χ2v) is 3.83. The smallest absolute Gasteiger partial charge is 0.223 e. The van der Waals surface area contributed by atoms with Gasteiger partial charge in [-0.05, 0) is 12.0 Å². The van der Waals surface area contributed by atoms with Crippen molar-refractivity contribution in [3.8, 4) is 0 Å². The second kappa shape index (κ2) is 4.94. The van der Waals surface area contributed by atoms with Crippen molar-refractivity contribution >= 4 is 5.91 Å². The van der Waals surface area contributed by atoms with Gasteiger partial charge in [-0.3, -0.25) is 10.1 Å². The van der Waals surface area contributed by atoms with Crippen LogP contribution in [0.1, 0.15) is 18.4 Å². The average Bonchev–Trinajstić information content (AvgIpc) is 2.66. The first-order valence-corrected chi connectivity index (χ1v) is 5.39. The predicted molar refractivity (Wildman–Crippen MR) is 59.1 cm³/mol. The quantitative estimate of drug-likeness (QED) is 0.803. The van der Waals surface area contributed by atoms with E-state index in [1.807, 2.05) is 23.1 Å². The average molecular weight is 204 g/mol. The number of rotatable bonds is 4. The van der Waals surface area contributed by atoms with E-state index >= 15 is 0 Å². The van der Waals surface area contributed by atoms with E-state index in [1.54, 1.807) is 0 Å². The maximum absolute atomic E-state index is 11.3. The van der Waals surface area contributed by atoms with Crippen molar-refractivity contribution < 1.29 is 4.79 Å². The fourth-order valence-electron chi connectivity index (χ4n) is 1.80. The molecule has 1 aliphatic heterocycles. The Morgan fingerprint density at radius 3 is 2.73 bits per heavy atom. The Hall–Kier alpha value is -1.35. The maximum atomic E-state index is 11.3. The predicted octanol–water partition coefficient (Wildman–Crippen LogP) is 1.36. The van der Waals surface area contributed by atoms with Crippen LogP contribution in [0.5, 0.6) is 0 Å². The van der Waals surface area contributed by atoms with Gasteiger partial charge in [-0.15, -0.1) is 0 Å². The van der Waals surface area contributed by atoms with E-state index in [9.17, 15) is 4.79 Å². The SMILES string of the molecule is O=C1CCCN1CNCc1ccccc1. The molecule has 0 saturated carbocycles. The Balaban J connectivity index is 1.73. The third-order valence-electron chi connectivity index (χ3n) is 2.65. The number of hydrogen-bond acceptors (Lipinski definition) is 2. The molecule has 1 N–H and O–H groups in total. The summed E-state index contributed by atoms with van der Waals surface area (Å²) in [6, 6.07) is 10.2. The summed E-state index contributed by atoms with van der Waals surface area (Å²) in [4.78, 5) is 13.2. The van der Waals surface area contributed by atoms with Gasteiger partial charge < -0.3 is 4.90 Å². The van der Waals surface area contributed by atoms with Crippen molar-refractivity contribution in [3.05, 3.63) is 35.9 Å². The number of carbonyl (C=O) groups is 1. The lowest BCUT2D eigenvalue weighted by atomic mass is 10.2. The van der Waals surface area contributed by atoms with Gasteiger partial charge in [0.2, 0.25) is 5.91 Å². The van der Waals surface area contributed by atoms with Crippen LogP contribution in [-0.2, 0) is 11.3 Å². The highest BCUT2D eigenvalue weighted by Crippen LogP contribution is 2.07. The second-order valence-electron chi connectivity index (χ2n) is 3.83. The van der Waals surface area contributed by atoms with E-state index in [0.29, 0.717) is 13.1 Å². The monoisotopic (exact) mass is 204 g/mol. The van der Waals surface area contributed by atoms with Crippen LogP contribution in [0.15, 0.2) is 30.3 Å². The van der Waals surface area contributed by atoms with Crippen LogP contribution >= 0.6 is 0 Å². The minimum Gasteiger partial charge on any atom is -0.330 e. The van der Waals surface area contributed by atoms with E-state index in [4.69, 9.17) is 0 Å². The molecule has 0 atom stereocenters. The molecule has 1 saturated heterocycles. The van der Waals surface area contributed by atoms with Crippen molar-refractivity contribution in [3.63, 3.8) is 0 Å². The van der Waals surface area contributed by atoms with Crippen molar-refractivity contribution in [2.45, 2.75) is 19.4 Å². The van der Waals surface area contributed by atoms with Gasteiger partial charge in [-0.1, -0.05) is 30.3 Å². The van der Waals surface area contributed by atoms with Gasteiger partial charge in [0, 0.05) is 19.5 Å². The highest BCUT2D eigenvalue weighted by molar-refractivity contribution is 5.77. The highest BCUT2D eigenvalue weighted by atomic mass is 16.2. The summed E-state index contributed by atoms with van der Waals surface area (Å²) in [5.41, 5.74) is 1.25. The zero-order valence-corrected chi connectivity index (χ0v) is 8.78. The third kappa shape index (κ3) is 2.80. The number of nitrogens with zero attached hydrogens (tertiary/aromatic N) is 1. The summed E-state index contributed by atoms with van der Waals surface area (Å²) >= 11 is 0. The highest BCUT2D eigenvalue weighted by Gasteiger charge is 2.18. The molecule has 0 unspecified atom stereocenters. The molecule has 0 radical (unpaired) electrons. The molecule has 0 aliphatic carbocycles. The Morgan fingerprint density at radius 2 is 2.07 bits per heavy atom. The Morgan fingerprint density at radius 1 is 1.27 bits per heavy atom. The van der Waals surface area contributed by atoms with Gasteiger partial charge in [0.25, 0.3) is 0 Å². The molecule has 3 heteroatoms. The zero-order valence-electron chi connectivity index (χ0n) is 8.78. The maximum Gasteiger partial charge on any atom is 0.223 e. The van der Waals surface area contributed by atoms with Gasteiger partial charge in [0.15, 0.2) is 0 Å². The Kier molecular flexibility index (Phi) is 3.35. The van der Waals surface area contributed by atoms with Gasteiger partial charge in [0.1, 0.15) is 0 Å². The van der Waals surface area contributed by atoms with Crippen molar-refractivity contribution in [2.75, 3.05) is 13.2 Å². The summed E-state index contributed by atoms with van der Waals surface area (Å²) in [7, 11) is 0. The van der Waals surface area contributed by atoms with E-state index < -0.39 is 0 Å². The van der Waals surface area contributed by atoms with Gasteiger partial charge in [0.05, 0.1) is 6.67 Å². The number of benzene rings is 1. The first-order valence-electron chi connectivity index (χ1n) is 5.39. The Bertz CT molecular complexity index is 324. The lowest BCUT2D eigenvalue weighted by molar-refractivity contribution is -0.128. The van der Waals surface area contributed by atoms with Crippen LogP contribution in [0.25, 0.3) is 0 Å². The van der Waals surface area contributed by atoms with Crippen molar-refractivity contribution in [1.82, 2.24) is 10.2 Å². The first kappa shape index (κ1) is 10.2. The van der Waals surface area contributed by atoms with Crippen LogP contribution in [0.4, 0.5) is 0 Å². The van der Waals surface area contributed by atoms with Crippen LogP contribution < -0.4 is 5.32 Å². The van der Waals surface area contributed by atoms with Gasteiger partial charge in [-0.25, -0.2) is 0 Å². The summed E-state index contributed by atoms with van der Waals surface area (Å²) in [6.07, 6.45) is 1.72. The molecule has 0 aromatic heterocycles. The summed E-state index contributed by atoms with van der Waals surface area (Å²) < 4.78 is 0. The fraction of sp³-hybridized carbons (Fsp3) is 0.417. The molecular formula is C12H16N2O. The lowest BCUT2D eigenvalue weighted by Crippen LogP contribution is -2.34. The third-order valence-corrected chi connectivity index (χ3v) is 2.65. The van der Waals surface area contributed by atoms with E-state index in [2.05, 4.69) is 17.4 Å². The Labute approximate surface area is 90.1 Å². The number of amides is 1. The number of nitrogens with one attached hydrogen (secondary N) is 1. The molecule has 1 aliphatic rings. The summed E-state index contributed by atoms with van der Waals surface area (Å²) in [5, 5.41) is 3.28. The molecule has 1 heterocycles. The topological polar surface area (TPSA) is 32.3 Å². The van der Waals surface area contributed by atoms with Crippen molar-refractivity contribution in [2.24, 2.45) is 0 Å². The van der Waals surface area contributed by atoms with E-state index in [-0.39, 0.29) is 5.91 Å². The van der Waals surface area contributed by atoms with Crippen molar-refractivity contribution in [1.29, 1.82) is 0 Å². The van der Waals surface area contributed by atoms with Crippen LogP contribution in [-0.4, -0.2) is 24.0 Å². The van der Waals surface area contributed by atoms with E-state index in [1.165, 1.54) is 5.56 Å². The lowest BCUT2D eigenvalue weighted by Gasteiger charge is -2.16. The molecule has 1 fully saturated rings.